The topological polar surface area (TPSA) is 670 Å². The highest BCUT2D eigenvalue weighted by Gasteiger charge is 2.61. The van der Waals surface area contributed by atoms with Gasteiger partial charge in [0.1, 0.15) is 169 Å². The first-order valence-corrected chi connectivity index (χ1v) is 57.1. The van der Waals surface area contributed by atoms with E-state index in [1.165, 1.54) is 12.8 Å². The van der Waals surface area contributed by atoms with Gasteiger partial charge in [-0.05, 0) is 170 Å². The number of hydrogen-bond acceptors (Lipinski definition) is 40. The molecule has 0 aromatic heterocycles. The van der Waals surface area contributed by atoms with Crippen molar-refractivity contribution in [2.75, 3.05) is 79.9 Å². The Morgan fingerprint density at radius 1 is 0.390 bits per heavy atom. The van der Waals surface area contributed by atoms with Gasteiger partial charge in [-0.3, -0.25) is 4.90 Å². The molecule has 146 heavy (non-hydrogen) atoms. The van der Waals surface area contributed by atoms with Gasteiger partial charge in [-0.25, -0.2) is 50.5 Å². The second kappa shape index (κ2) is 43.2. The number of amidine groups is 6. The zero-order chi connectivity index (χ0) is 105. The molecule has 0 amide bonds. The summed E-state index contributed by atoms with van der Waals surface area (Å²) >= 11 is 0. The van der Waals surface area contributed by atoms with Crippen molar-refractivity contribution >= 4 is 95.2 Å². The second-order valence-electron chi connectivity index (χ2n) is 38.9. The summed E-state index contributed by atoms with van der Waals surface area (Å²) in [6.07, 6.45) is -3.89. The van der Waals surface area contributed by atoms with Crippen LogP contribution >= 0.6 is 0 Å². The molecule has 0 spiro atoms. The van der Waals surface area contributed by atoms with Gasteiger partial charge < -0.3 is 136 Å². The van der Waals surface area contributed by atoms with E-state index in [1.54, 1.807) is 111 Å². The lowest BCUT2D eigenvalue weighted by Gasteiger charge is -2.37. The Morgan fingerprint density at radius 2 is 0.726 bits per heavy atom. The maximum absolute atomic E-state index is 11.9. The number of ether oxygens (including phenoxy) is 16. The first-order valence-electron chi connectivity index (χ1n) is 47.4. The Hall–Kier alpha value is -10.00. The van der Waals surface area contributed by atoms with Crippen molar-refractivity contribution < 1.29 is 147 Å². The molecule has 16 N–H and O–H groups in total. The van der Waals surface area contributed by atoms with Gasteiger partial charge in [0.2, 0.25) is 0 Å². The van der Waals surface area contributed by atoms with Gasteiger partial charge in [-0.15, -0.1) is 26.4 Å². The quantitative estimate of drug-likeness (QED) is 0.0521. The van der Waals surface area contributed by atoms with Crippen LogP contribution in [-0.4, -0.2) is 317 Å². The van der Waals surface area contributed by atoms with Gasteiger partial charge in [0, 0.05) is 32.7 Å². The Labute approximate surface area is 846 Å². The van der Waals surface area contributed by atoms with E-state index in [1.807, 2.05) is 67.6 Å². The van der Waals surface area contributed by atoms with Crippen LogP contribution in [0.1, 0.15) is 154 Å². The summed E-state index contributed by atoms with van der Waals surface area (Å²) in [7, 11) is -17.8. The van der Waals surface area contributed by atoms with E-state index >= 15 is 0 Å². The lowest BCUT2D eigenvalue weighted by molar-refractivity contribution is -0.229. The minimum atomic E-state index is -3.61. The lowest BCUT2D eigenvalue weighted by Crippen LogP contribution is -2.52. The molecule has 18 atom stereocenters. The molecular weight excluding hydrogens is 2030 g/mol. The van der Waals surface area contributed by atoms with E-state index in [2.05, 4.69) is 36.2 Å². The molecule has 9 fully saturated rings. The highest BCUT2D eigenvalue weighted by atomic mass is 32.2. The van der Waals surface area contributed by atoms with Gasteiger partial charge >= 0.3 is 0 Å². The minimum absolute atomic E-state index is 0.000942. The number of fused-ring (bicyclic) bond motifs is 10. The highest BCUT2D eigenvalue weighted by molar-refractivity contribution is 7.91. The smallest absolute Gasteiger partial charge is 0.259 e. The van der Waals surface area contributed by atoms with Crippen LogP contribution in [0.3, 0.4) is 0 Å². The normalized spacial score (nSPS) is 30.6. The van der Waals surface area contributed by atoms with Crippen LogP contribution in [0.4, 0.5) is 0 Å². The number of aliphatic hydroxyl groups excluding tert-OH is 4. The van der Waals surface area contributed by atoms with Gasteiger partial charge in [-0.2, -0.15) is 0 Å². The van der Waals surface area contributed by atoms with Crippen molar-refractivity contribution in [1.82, 2.24) is 9.80 Å². The molecular formula is C94H124N14O32S6. The van der Waals surface area contributed by atoms with Crippen LogP contribution in [0.15, 0.2) is 136 Å². The standard InChI is InChI=1S/C21H28N2O7S.C17H22N2O7S.C15H20N2O6S.C14H19N3O3S.C14H18N2O6S.C13H17N3O3S/c1-20(2)27-14-8-12(16-18(17(14)29-20)30-21(3,4)28-16)9-26-13-7-5-6-11-10-31(24,25)23-19(22)15(11)13;1-17(2)25-13-11(24-16(22-3)14(13)26-17)7-23-10-6-4-5-9-8-27(20,21)19-15(18)12(9)10;1-2-9-13(18)14(19)11(23-9)6-22-10-5-3-4-8-7-24(20,21)17-15(16)12(8)10;15-14-13-11(10-21(18,19)16-14)4-3-5-12(13)20-9-8-17-6-1-2-7-17;1-7-12(17)13(18)10(22-7)5-21-9-4-2-3-8-6-23(19,20)16-14(15)11(8)9;1-16-6-5-10(7-16)19-11-4-2-3-9-8-20(17,18)15-13(14)12(9)11/h5-7,12,14,16-18H,8-10H2,1-4H3,(H2,22,23);4-6,11,13-14,16H,7-8H2,1-3H3,(H2,18,19);3-5,9,11,13-14,18-19H,2,6-7H2,1H3,(H2,16,17);3-5H,1-2,6-10H2,(H2,15,16);2-4,7,10,12-13,17-18H,5-6H2,1H3,(H2,15,16);2-4,10H,5-8H2,1H3,(H2,14,15)/t12?,14-,16-,17-,18+;11-,13-,14-,16-;9-,11+,13-,14+;;7-,10+,12-,13+;10-/m010.00/s1. The molecule has 798 valence electrons. The minimum Gasteiger partial charge on any atom is -0.492 e. The largest absolute Gasteiger partial charge is 0.492 e. The Morgan fingerprint density at radius 3 is 1.10 bits per heavy atom. The van der Waals surface area contributed by atoms with Crippen LogP contribution in [-0.2, 0) is 142 Å². The molecule has 15 aliphatic rings. The molecule has 0 bridgehead atoms. The summed E-state index contributed by atoms with van der Waals surface area (Å²) in [6.45, 7) is 20.8. The summed E-state index contributed by atoms with van der Waals surface area (Å²) < 4.78 is 256. The maximum Gasteiger partial charge on any atom is 0.259 e. The van der Waals surface area contributed by atoms with Crippen LogP contribution < -0.4 is 62.8 Å². The van der Waals surface area contributed by atoms with Crippen LogP contribution in [0.25, 0.3) is 0 Å². The highest BCUT2D eigenvalue weighted by Crippen LogP contribution is 2.49. The van der Waals surface area contributed by atoms with Gasteiger partial charge in [0.25, 0.3) is 60.1 Å². The van der Waals surface area contributed by atoms with Crippen molar-refractivity contribution in [3.8, 4) is 34.5 Å². The number of likely N-dealkylation sites (tertiary alicyclic amines) is 2. The van der Waals surface area contributed by atoms with E-state index in [0.717, 1.165) is 39.1 Å². The molecule has 46 nitrogen and oxygen atoms in total. The fraction of sp³-hybridized carbons (Fsp3) is 0.553. The number of nitrogens with two attached hydrogens (primary N) is 6. The van der Waals surface area contributed by atoms with Gasteiger partial charge in [-0.1, -0.05) is 79.7 Å². The van der Waals surface area contributed by atoms with Crippen molar-refractivity contribution in [2.45, 2.75) is 243 Å². The summed E-state index contributed by atoms with van der Waals surface area (Å²) in [4.78, 5) is 4.55. The van der Waals surface area contributed by atoms with Crippen LogP contribution in [0.2, 0.25) is 0 Å². The summed E-state index contributed by atoms with van der Waals surface area (Å²) in [5.41, 5.74) is 41.6. The maximum atomic E-state index is 11.9. The Balaban J connectivity index is 0.000000126. The monoisotopic (exact) mass is 2150 g/mol. The summed E-state index contributed by atoms with van der Waals surface area (Å²) in [5.74, 6) is -0.649. The van der Waals surface area contributed by atoms with E-state index in [-0.39, 0.29) is 138 Å². The predicted molar refractivity (Wildman–Crippen MR) is 531 cm³/mol. The molecule has 14 heterocycles. The third-order valence-corrected chi connectivity index (χ3v) is 33.2. The number of hydrogen-bond donors (Lipinski definition) is 10. The molecule has 14 aliphatic heterocycles. The fourth-order valence-corrected chi connectivity index (χ4v) is 26.6. The predicted octanol–water partition coefficient (Wildman–Crippen LogP) is 1.84. The van der Waals surface area contributed by atoms with Crippen molar-refractivity contribution in [1.29, 1.82) is 0 Å². The number of benzene rings is 6. The van der Waals surface area contributed by atoms with Crippen LogP contribution in [0.5, 0.6) is 34.5 Å². The first-order chi connectivity index (χ1) is 68.7. The lowest BCUT2D eigenvalue weighted by atomic mass is 9.81. The zero-order valence-electron chi connectivity index (χ0n) is 81.8. The molecule has 0 radical (unpaired) electrons. The summed E-state index contributed by atoms with van der Waals surface area (Å²) in [6, 6.07) is 31.0. The molecule has 6 aromatic carbocycles. The van der Waals surface area contributed by atoms with E-state index < -0.39 is 139 Å². The van der Waals surface area contributed by atoms with E-state index in [0.29, 0.717) is 127 Å². The third-order valence-electron chi connectivity index (χ3n) is 26.3. The average Bonchev–Trinajstić information content (AvgIpc) is 1.58. The van der Waals surface area contributed by atoms with Gasteiger partial charge in [0.15, 0.2) is 23.7 Å². The number of nitrogens with zero attached hydrogens (tertiary/aromatic N) is 8. The average molecular weight is 2150 g/mol. The van der Waals surface area contributed by atoms with Crippen LogP contribution in [0, 0.1) is 5.92 Å². The fourth-order valence-electron chi connectivity index (χ4n) is 20.0. The Bertz CT molecular complexity index is 6830. The zero-order valence-corrected chi connectivity index (χ0v) is 86.7. The van der Waals surface area contributed by atoms with E-state index in [9.17, 15) is 70.9 Å². The number of rotatable bonds is 20. The molecule has 1 unspecified atom stereocenters. The number of methoxy groups -OCH3 is 1. The van der Waals surface area contributed by atoms with Crippen molar-refractivity contribution in [2.24, 2.45) is 66.7 Å². The SMILES string of the molecule is CC1(C)O[C@@H]2[C@@H]3OC(C)(C)O[C@H]3C(COc3cccc4c3C(N)=NS(=O)(=O)C4)C[C@@H]2O1.CC[C@@H]1O[C@H](COc2cccc3c2C(N)=NS(=O)(=O)C3)[C@@H](O)[C@H]1O.CN1CC[C@H](Oc2cccc3c2C(N)=NS(=O)(=O)C3)C1.CO[C@@H]1O[C@H](COc2cccc3c2C(N)=NS(=O)(=O)C3)[C@H]2OC(C)(C)O[C@@H]12.C[C@@H]1O[C@H](COc2cccc3c2C(N)=NS(=O)(=O)C3)[C@@H](O)[C@H]1O.NC1=NS(=O)(=O)Cc2cccc(OCCN3CCCC3)c21. The third kappa shape index (κ3) is 25.3. The number of sulfonamides is 6. The molecule has 52 heteroatoms. The number of aliphatic hydroxyl groups is 4. The molecule has 1 saturated carbocycles. The molecule has 1 aliphatic carbocycles. The van der Waals surface area contributed by atoms with Crippen molar-refractivity contribution in [3.05, 3.63) is 176 Å². The Kier molecular flexibility index (Phi) is 32.1. The van der Waals surface area contributed by atoms with Crippen molar-refractivity contribution in [3.63, 3.8) is 0 Å². The molecule has 21 rings (SSSR count). The van der Waals surface area contributed by atoms with Gasteiger partial charge in [0.05, 0.1) is 98.9 Å². The molecule has 6 aromatic rings. The first kappa shape index (κ1) is 109. The number of likely N-dealkylation sites (N-methyl/N-ethyl adjacent to an activating group) is 1. The van der Waals surface area contributed by atoms with E-state index in [4.69, 9.17) is 110 Å². The summed E-state index contributed by atoms with van der Waals surface area (Å²) in [5, 5.41) is 39.5. The second-order valence-corrected chi connectivity index (χ2v) is 48.7. The molecule has 8 saturated heterocycles.